The first-order valence-electron chi connectivity index (χ1n) is 2.18. The van der Waals surface area contributed by atoms with Gasteiger partial charge < -0.3 is 10.2 Å². The van der Waals surface area contributed by atoms with Crippen molar-refractivity contribution in [1.82, 2.24) is 0 Å². The predicted molar refractivity (Wildman–Crippen MR) is 24.4 cm³/mol. The van der Waals surface area contributed by atoms with Crippen molar-refractivity contribution < 1.29 is 21.2 Å². The van der Waals surface area contributed by atoms with Crippen molar-refractivity contribution in [2.45, 2.75) is 0 Å². The van der Waals surface area contributed by atoms with E-state index in [2.05, 4.69) is 0 Å². The fourth-order valence-corrected chi connectivity index (χ4v) is 0.123. The highest BCUT2D eigenvalue weighted by atomic mass is 16.4. The van der Waals surface area contributed by atoms with E-state index in [4.69, 9.17) is 11.6 Å². The largest absolute Gasteiger partial charge is 0.478 e. The van der Waals surface area contributed by atoms with E-state index < -0.39 is 18.0 Å². The summed E-state index contributed by atoms with van der Waals surface area (Å²) in [5.74, 6) is -2.97. The topological polar surface area (TPSA) is 74.6 Å². The lowest BCUT2D eigenvalue weighted by atomic mass is 10.5. The summed E-state index contributed by atoms with van der Waals surface area (Å²) < 4.78 is 6.44. The molecule has 0 saturated heterocycles. The van der Waals surface area contributed by atoms with E-state index in [1.807, 2.05) is 0 Å². The zero-order valence-electron chi connectivity index (χ0n) is 4.79. The van der Waals surface area contributed by atoms with Gasteiger partial charge in [0.15, 0.2) is 0 Å². The smallest absolute Gasteiger partial charge is 0.328 e. The summed E-state index contributed by atoms with van der Waals surface area (Å²) in [6.07, 6.45) is 0.308. The van der Waals surface area contributed by atoms with E-state index in [-0.39, 0.29) is 0 Å². The number of carboxylic acids is 2. The molecule has 0 spiro atoms. The fourth-order valence-electron chi connectivity index (χ4n) is 0.123. The standard InChI is InChI=1S/C4H4O4/c5-3(6)1-2-4(7)8/h1-2H,(H,5,6)(H,7,8)/b2-1-/i1D. The highest BCUT2D eigenvalue weighted by Gasteiger charge is 1.88. The normalized spacial score (nSPS) is 12.5. The first-order chi connectivity index (χ1) is 4.04. The van der Waals surface area contributed by atoms with Crippen LogP contribution < -0.4 is 0 Å². The summed E-state index contributed by atoms with van der Waals surface area (Å²) >= 11 is 0. The lowest BCUT2D eigenvalue weighted by Crippen LogP contribution is -1.91. The molecule has 0 fully saturated rings. The van der Waals surface area contributed by atoms with Gasteiger partial charge >= 0.3 is 11.9 Å². The lowest BCUT2D eigenvalue weighted by Gasteiger charge is -1.74. The molecule has 4 heteroatoms. The molecule has 0 bridgehead atoms. The monoisotopic (exact) mass is 117 g/mol. The molecule has 0 radical (unpaired) electrons. The molecule has 0 amide bonds. The van der Waals surface area contributed by atoms with Crippen LogP contribution in [0.3, 0.4) is 0 Å². The van der Waals surface area contributed by atoms with E-state index in [9.17, 15) is 9.59 Å². The zero-order chi connectivity index (χ0) is 7.44. The van der Waals surface area contributed by atoms with Crippen molar-refractivity contribution in [2.75, 3.05) is 0 Å². The van der Waals surface area contributed by atoms with Gasteiger partial charge in [0.2, 0.25) is 0 Å². The van der Waals surface area contributed by atoms with Gasteiger partial charge in [-0.1, -0.05) is 0 Å². The van der Waals surface area contributed by atoms with Crippen LogP contribution in [-0.4, -0.2) is 22.2 Å². The fraction of sp³-hybridized carbons (Fsp3) is 0. The van der Waals surface area contributed by atoms with Crippen LogP contribution in [0.5, 0.6) is 0 Å². The SMILES string of the molecule is [2H]/C(=C/C(=O)O)C(=O)O. The summed E-state index contributed by atoms with van der Waals surface area (Å²) in [4.78, 5) is 19.4. The molecule has 2 N–H and O–H groups in total. The molecule has 4 nitrogen and oxygen atoms in total. The number of hydrogen-bond acceptors (Lipinski definition) is 2. The Morgan fingerprint density at radius 3 is 2.00 bits per heavy atom. The molecule has 0 aromatic rings. The van der Waals surface area contributed by atoms with E-state index in [0.29, 0.717) is 6.08 Å². The third-order valence-electron chi connectivity index (χ3n) is 0.319. The maximum atomic E-state index is 9.72. The van der Waals surface area contributed by atoms with E-state index in [1.165, 1.54) is 0 Å². The van der Waals surface area contributed by atoms with Gasteiger partial charge in [0.1, 0.15) is 0 Å². The summed E-state index contributed by atoms with van der Waals surface area (Å²) in [5.41, 5.74) is 0. The second kappa shape index (κ2) is 2.79. The molecule has 0 unspecified atom stereocenters. The van der Waals surface area contributed by atoms with Crippen LogP contribution in [0.25, 0.3) is 0 Å². The first kappa shape index (κ1) is 4.83. The Morgan fingerprint density at radius 1 is 1.38 bits per heavy atom. The minimum absolute atomic E-state index is 0.308. The van der Waals surface area contributed by atoms with Crippen molar-refractivity contribution in [1.29, 1.82) is 0 Å². The summed E-state index contributed by atoms with van der Waals surface area (Å²) in [5, 5.41) is 15.8. The van der Waals surface area contributed by atoms with Crippen molar-refractivity contribution in [3.63, 3.8) is 0 Å². The Bertz CT molecular complexity index is 171. The molecule has 0 aliphatic carbocycles. The van der Waals surface area contributed by atoms with Crippen LogP contribution in [0.15, 0.2) is 12.1 Å². The molecule has 0 heterocycles. The van der Waals surface area contributed by atoms with Gasteiger partial charge in [-0.05, 0) is 0 Å². The van der Waals surface area contributed by atoms with Crippen LogP contribution in [0.1, 0.15) is 1.37 Å². The molecular formula is C4H4O4. The zero-order valence-corrected chi connectivity index (χ0v) is 3.79. The third-order valence-corrected chi connectivity index (χ3v) is 0.319. The van der Waals surface area contributed by atoms with Crippen LogP contribution >= 0.6 is 0 Å². The number of carbonyl (C=O) groups is 2. The Balaban J connectivity index is 4.17. The van der Waals surface area contributed by atoms with Gasteiger partial charge in [0.05, 0.1) is 1.37 Å². The molecule has 0 aromatic carbocycles. The van der Waals surface area contributed by atoms with Gasteiger partial charge in [0.25, 0.3) is 0 Å². The Kier molecular flexibility index (Phi) is 1.68. The van der Waals surface area contributed by atoms with Crippen molar-refractivity contribution >= 4 is 11.9 Å². The van der Waals surface area contributed by atoms with E-state index >= 15 is 0 Å². The third kappa shape index (κ3) is 4.68. The molecule has 8 heavy (non-hydrogen) atoms. The van der Waals surface area contributed by atoms with Gasteiger partial charge in [-0.3, -0.25) is 0 Å². The maximum Gasteiger partial charge on any atom is 0.328 e. The Morgan fingerprint density at radius 2 is 1.88 bits per heavy atom. The van der Waals surface area contributed by atoms with Crippen molar-refractivity contribution in [2.24, 2.45) is 0 Å². The number of rotatable bonds is 2. The maximum absolute atomic E-state index is 9.72. The number of hydrogen-bond donors (Lipinski definition) is 2. The second-order valence-corrected chi connectivity index (χ2v) is 0.932. The lowest BCUT2D eigenvalue weighted by molar-refractivity contribution is -0.134. The van der Waals surface area contributed by atoms with Gasteiger partial charge in [-0.25, -0.2) is 9.59 Å². The number of carboxylic acid groups (broad SMARTS) is 2. The average Bonchev–Trinajstić information content (AvgIpc) is 1.63. The van der Waals surface area contributed by atoms with Gasteiger partial charge in [-0.15, -0.1) is 0 Å². The van der Waals surface area contributed by atoms with Crippen molar-refractivity contribution in [3.8, 4) is 0 Å². The summed E-state index contributed by atoms with van der Waals surface area (Å²) in [6, 6.07) is -0.928. The Labute approximate surface area is 46.5 Å². The van der Waals surface area contributed by atoms with Crippen LogP contribution in [0, 0.1) is 0 Å². The quantitative estimate of drug-likeness (QED) is 0.487. The van der Waals surface area contributed by atoms with Gasteiger partial charge in [0, 0.05) is 12.1 Å². The van der Waals surface area contributed by atoms with Crippen LogP contribution in [0.2, 0.25) is 0 Å². The van der Waals surface area contributed by atoms with E-state index in [0.717, 1.165) is 0 Å². The minimum Gasteiger partial charge on any atom is -0.478 e. The summed E-state index contributed by atoms with van der Waals surface area (Å²) in [6.45, 7) is 0. The molecule has 0 aromatic heterocycles. The van der Waals surface area contributed by atoms with E-state index in [1.54, 1.807) is 0 Å². The number of aliphatic carboxylic acids is 2. The molecule has 0 atom stereocenters. The molecule has 44 valence electrons. The molecular weight excluding hydrogens is 112 g/mol. The molecule has 0 aliphatic rings. The second-order valence-electron chi connectivity index (χ2n) is 0.932. The average molecular weight is 117 g/mol. The highest BCUT2D eigenvalue weighted by Crippen LogP contribution is 1.70. The molecule has 0 aliphatic heterocycles. The first-order valence-corrected chi connectivity index (χ1v) is 1.68. The predicted octanol–water partition coefficient (Wildman–Crippen LogP) is -0.288. The van der Waals surface area contributed by atoms with Gasteiger partial charge in [-0.2, -0.15) is 0 Å². The van der Waals surface area contributed by atoms with Crippen LogP contribution in [0.4, 0.5) is 0 Å². The molecule has 0 saturated carbocycles. The Hall–Kier alpha value is -1.32. The highest BCUT2D eigenvalue weighted by molar-refractivity contribution is 5.89. The van der Waals surface area contributed by atoms with Crippen LogP contribution in [-0.2, 0) is 9.59 Å². The minimum atomic E-state index is -1.54. The summed E-state index contributed by atoms with van der Waals surface area (Å²) in [7, 11) is 0. The molecule has 0 rings (SSSR count). The van der Waals surface area contributed by atoms with Crippen molar-refractivity contribution in [3.05, 3.63) is 12.1 Å².